The van der Waals surface area contributed by atoms with Gasteiger partial charge in [-0.3, -0.25) is 19.4 Å². The first-order chi connectivity index (χ1) is 15.7. The Labute approximate surface area is 196 Å². The van der Waals surface area contributed by atoms with E-state index in [2.05, 4.69) is 42.4 Å². The lowest BCUT2D eigenvalue weighted by Gasteiger charge is -2.43. The van der Waals surface area contributed by atoms with Crippen molar-refractivity contribution in [3.8, 4) is 0 Å². The van der Waals surface area contributed by atoms with E-state index >= 15 is 0 Å². The number of urea groups is 1. The molecular weight excluding hydrogens is 420 g/mol. The number of nitrogens with one attached hydrogen (secondary N) is 2. The topological polar surface area (TPSA) is 91.0 Å². The summed E-state index contributed by atoms with van der Waals surface area (Å²) in [5.41, 5.74) is 1.27. The largest absolute Gasteiger partial charge is 0.379 e. The fraction of sp³-hybridized carbons (Fsp3) is 0.640. The van der Waals surface area contributed by atoms with Crippen LogP contribution >= 0.6 is 0 Å². The van der Waals surface area contributed by atoms with Gasteiger partial charge in [0.05, 0.1) is 13.2 Å². The number of ether oxygens (including phenoxy) is 1. The summed E-state index contributed by atoms with van der Waals surface area (Å²) in [5.74, 6) is -0.274. The van der Waals surface area contributed by atoms with Crippen molar-refractivity contribution < 1.29 is 19.1 Å². The molecular formula is C25H36N4O4. The number of amides is 4. The average molecular weight is 457 g/mol. The van der Waals surface area contributed by atoms with Crippen molar-refractivity contribution in [2.75, 3.05) is 32.8 Å². The molecule has 0 radical (unpaired) electrons. The van der Waals surface area contributed by atoms with Gasteiger partial charge in [-0.1, -0.05) is 45.0 Å². The van der Waals surface area contributed by atoms with Crippen LogP contribution in [0.3, 0.4) is 0 Å². The summed E-state index contributed by atoms with van der Waals surface area (Å²) in [7, 11) is 0. The van der Waals surface area contributed by atoms with Gasteiger partial charge in [-0.25, -0.2) is 4.79 Å². The Bertz CT molecular complexity index is 911. The van der Waals surface area contributed by atoms with Crippen molar-refractivity contribution in [1.29, 1.82) is 0 Å². The van der Waals surface area contributed by atoms with Crippen LogP contribution in [0.4, 0.5) is 4.79 Å². The monoisotopic (exact) mass is 456 g/mol. The molecule has 0 aromatic heterocycles. The molecule has 1 spiro atoms. The fourth-order valence-electron chi connectivity index (χ4n) is 5.93. The Kier molecular flexibility index (Phi) is 6.77. The van der Waals surface area contributed by atoms with E-state index in [-0.39, 0.29) is 23.8 Å². The number of hydrogen-bond donors (Lipinski definition) is 2. The molecule has 4 amide bonds. The molecule has 1 saturated carbocycles. The molecule has 0 unspecified atom stereocenters. The zero-order valence-electron chi connectivity index (χ0n) is 20.0. The lowest BCUT2D eigenvalue weighted by atomic mass is 9.64. The van der Waals surface area contributed by atoms with Crippen molar-refractivity contribution in [2.24, 2.45) is 11.3 Å². The number of rotatable bonds is 6. The summed E-state index contributed by atoms with van der Waals surface area (Å²) in [6.07, 6.45) is 2.23. The Morgan fingerprint density at radius 3 is 2.55 bits per heavy atom. The van der Waals surface area contributed by atoms with Crippen LogP contribution in [0, 0.1) is 11.3 Å². The molecule has 0 bridgehead atoms. The third-order valence-electron chi connectivity index (χ3n) is 7.02. The molecule has 8 nitrogen and oxygen atoms in total. The Morgan fingerprint density at radius 1 is 1.15 bits per heavy atom. The molecule has 180 valence electrons. The van der Waals surface area contributed by atoms with Gasteiger partial charge in [0, 0.05) is 26.2 Å². The third kappa shape index (κ3) is 5.38. The smallest absolute Gasteiger partial charge is 0.325 e. The molecule has 3 fully saturated rings. The molecule has 3 aliphatic rings. The number of benzene rings is 1. The van der Waals surface area contributed by atoms with E-state index < -0.39 is 11.6 Å². The van der Waals surface area contributed by atoms with Crippen molar-refractivity contribution in [2.45, 2.75) is 58.7 Å². The minimum atomic E-state index is -0.886. The standard InChI is InChI=1S/C25H36N4O4/c1-18-12-24(2,3)17-25(13-18)22(31)29(23(32)27-25)16-21(30)26-14-19-6-4-5-7-20(19)15-28-8-10-33-11-9-28/h4-7,18H,8-17H2,1-3H3,(H,26,30)(H,27,32)/t18-,25+/m0/s1. The molecule has 2 atom stereocenters. The van der Waals surface area contributed by atoms with Crippen LogP contribution in [-0.4, -0.2) is 66.0 Å². The van der Waals surface area contributed by atoms with Crippen molar-refractivity contribution in [3.63, 3.8) is 0 Å². The van der Waals surface area contributed by atoms with Gasteiger partial charge in [0.15, 0.2) is 0 Å². The van der Waals surface area contributed by atoms with Crippen LogP contribution in [0.25, 0.3) is 0 Å². The maximum Gasteiger partial charge on any atom is 0.325 e. The van der Waals surface area contributed by atoms with E-state index in [0.29, 0.717) is 25.3 Å². The molecule has 33 heavy (non-hydrogen) atoms. The van der Waals surface area contributed by atoms with Gasteiger partial charge in [0.25, 0.3) is 5.91 Å². The van der Waals surface area contributed by atoms with Gasteiger partial charge in [-0.15, -0.1) is 0 Å². The highest BCUT2D eigenvalue weighted by molar-refractivity contribution is 6.09. The van der Waals surface area contributed by atoms with E-state index in [1.165, 1.54) is 0 Å². The van der Waals surface area contributed by atoms with Crippen LogP contribution in [0.5, 0.6) is 0 Å². The van der Waals surface area contributed by atoms with E-state index in [1.54, 1.807) is 0 Å². The molecule has 1 aliphatic carbocycles. The van der Waals surface area contributed by atoms with Gasteiger partial charge >= 0.3 is 6.03 Å². The van der Waals surface area contributed by atoms with E-state index in [1.807, 2.05) is 18.2 Å². The zero-order chi connectivity index (χ0) is 23.6. The van der Waals surface area contributed by atoms with Crippen molar-refractivity contribution >= 4 is 17.8 Å². The summed E-state index contributed by atoms with van der Waals surface area (Å²) in [6, 6.07) is 7.57. The summed E-state index contributed by atoms with van der Waals surface area (Å²) in [4.78, 5) is 42.1. The Morgan fingerprint density at radius 2 is 1.85 bits per heavy atom. The maximum absolute atomic E-state index is 13.3. The molecule has 2 N–H and O–H groups in total. The maximum atomic E-state index is 13.3. The SMILES string of the molecule is C[C@H]1CC(C)(C)C[C@@]2(C1)NC(=O)N(CC(=O)NCc1ccccc1CN1CCOCC1)C2=O. The predicted octanol–water partition coefficient (Wildman–Crippen LogP) is 2.27. The lowest BCUT2D eigenvalue weighted by Crippen LogP contribution is -2.54. The minimum Gasteiger partial charge on any atom is -0.379 e. The second-order valence-corrected chi connectivity index (χ2v) is 10.7. The molecule has 8 heteroatoms. The van der Waals surface area contributed by atoms with Gasteiger partial charge in [-0.2, -0.15) is 0 Å². The van der Waals surface area contributed by atoms with Crippen LogP contribution in [0.2, 0.25) is 0 Å². The van der Waals surface area contributed by atoms with Crippen LogP contribution in [-0.2, 0) is 27.4 Å². The molecule has 1 aromatic rings. The highest BCUT2D eigenvalue weighted by atomic mass is 16.5. The first-order valence-corrected chi connectivity index (χ1v) is 12.0. The second-order valence-electron chi connectivity index (χ2n) is 10.7. The molecule has 1 aromatic carbocycles. The molecule has 4 rings (SSSR count). The summed E-state index contributed by atoms with van der Waals surface area (Å²) in [5, 5.41) is 5.84. The number of carbonyl (C=O) groups is 3. The normalized spacial score (nSPS) is 27.6. The number of morpholine rings is 1. The first kappa shape index (κ1) is 23.7. The highest BCUT2D eigenvalue weighted by Crippen LogP contribution is 2.46. The first-order valence-electron chi connectivity index (χ1n) is 12.0. The number of carbonyl (C=O) groups excluding carboxylic acids is 3. The van der Waals surface area contributed by atoms with Crippen LogP contribution in [0.15, 0.2) is 24.3 Å². The molecule has 2 aliphatic heterocycles. The quantitative estimate of drug-likeness (QED) is 0.641. The van der Waals surface area contributed by atoms with Crippen molar-refractivity contribution in [1.82, 2.24) is 20.4 Å². The summed E-state index contributed by atoms with van der Waals surface area (Å²) >= 11 is 0. The molecule has 2 saturated heterocycles. The summed E-state index contributed by atoms with van der Waals surface area (Å²) < 4.78 is 5.42. The fourth-order valence-corrected chi connectivity index (χ4v) is 5.93. The van der Waals surface area contributed by atoms with E-state index in [4.69, 9.17) is 4.74 Å². The molecule has 2 heterocycles. The van der Waals surface area contributed by atoms with Gasteiger partial charge in [0.1, 0.15) is 12.1 Å². The predicted molar refractivity (Wildman–Crippen MR) is 124 cm³/mol. The second kappa shape index (κ2) is 9.43. The Balaban J connectivity index is 1.36. The average Bonchev–Trinajstić information content (AvgIpc) is 2.95. The Hall–Kier alpha value is -2.45. The van der Waals surface area contributed by atoms with E-state index in [0.717, 1.165) is 55.3 Å². The van der Waals surface area contributed by atoms with E-state index in [9.17, 15) is 14.4 Å². The highest BCUT2D eigenvalue weighted by Gasteiger charge is 2.56. The zero-order valence-corrected chi connectivity index (χ0v) is 20.0. The van der Waals surface area contributed by atoms with Gasteiger partial charge in [-0.05, 0) is 41.7 Å². The van der Waals surface area contributed by atoms with Crippen LogP contribution < -0.4 is 10.6 Å². The number of hydrogen-bond acceptors (Lipinski definition) is 5. The minimum absolute atomic E-state index is 0.0386. The van der Waals surface area contributed by atoms with Gasteiger partial charge < -0.3 is 15.4 Å². The summed E-state index contributed by atoms with van der Waals surface area (Å²) in [6.45, 7) is 10.6. The van der Waals surface area contributed by atoms with Gasteiger partial charge in [0.2, 0.25) is 5.91 Å². The lowest BCUT2D eigenvalue weighted by molar-refractivity contribution is -0.137. The number of imide groups is 1. The third-order valence-corrected chi connectivity index (χ3v) is 7.02. The van der Waals surface area contributed by atoms with Crippen LogP contribution in [0.1, 0.15) is 51.2 Å². The number of nitrogens with zero attached hydrogens (tertiary/aromatic N) is 2. The van der Waals surface area contributed by atoms with Crippen molar-refractivity contribution in [3.05, 3.63) is 35.4 Å².